The van der Waals surface area contributed by atoms with E-state index in [4.69, 9.17) is 5.11 Å². The van der Waals surface area contributed by atoms with E-state index >= 15 is 0 Å². The fraction of sp³-hybridized carbons (Fsp3) is 0.778. The first-order valence-electron chi connectivity index (χ1n) is 4.76. The summed E-state index contributed by atoms with van der Waals surface area (Å²) in [6, 6.07) is 0. The molecule has 0 saturated heterocycles. The van der Waals surface area contributed by atoms with E-state index in [1.807, 2.05) is 6.92 Å². The first-order chi connectivity index (χ1) is 7.34. The fourth-order valence-corrected chi connectivity index (χ4v) is 1.46. The smallest absolute Gasteiger partial charge is 0.389 e. The normalized spacial score (nSPS) is 14.6. The zero-order chi connectivity index (χ0) is 12.8. The molecule has 0 radical (unpaired) electrons. The number of rotatable bonds is 7. The Morgan fingerprint density at radius 3 is 2.38 bits per heavy atom. The van der Waals surface area contributed by atoms with Crippen molar-refractivity contribution < 1.29 is 28.2 Å². The molecule has 1 atom stereocenters. The Bertz CT molecular complexity index is 260. The minimum Gasteiger partial charge on any atom is -0.480 e. The summed E-state index contributed by atoms with van der Waals surface area (Å²) in [4.78, 5) is 22.0. The van der Waals surface area contributed by atoms with Crippen LogP contribution in [0, 0.1) is 0 Å². The molecule has 0 fully saturated rings. The van der Waals surface area contributed by atoms with Crippen molar-refractivity contribution in [2.24, 2.45) is 0 Å². The maximum Gasteiger partial charge on any atom is 0.389 e. The van der Waals surface area contributed by atoms with E-state index in [2.05, 4.69) is 20.7 Å². The lowest BCUT2D eigenvalue weighted by molar-refractivity contribution is -0.181. The van der Waals surface area contributed by atoms with Gasteiger partial charge in [-0.05, 0) is 6.42 Å². The minimum atomic E-state index is -3.31. The van der Waals surface area contributed by atoms with E-state index in [1.54, 1.807) is 0 Å². The summed E-state index contributed by atoms with van der Waals surface area (Å²) in [5.74, 6) is -2.99. The molecule has 0 aliphatic rings. The number of carbonyl (C=O) groups excluding carboxylic acids is 1. The van der Waals surface area contributed by atoms with Crippen LogP contribution in [-0.4, -0.2) is 28.0 Å². The Kier molecular flexibility index (Phi) is 6.47. The molecule has 0 aliphatic carbocycles. The highest BCUT2D eigenvalue weighted by Crippen LogP contribution is 2.28. The number of ether oxygens (including phenoxy) is 1. The molecule has 0 aromatic carbocycles. The number of aliphatic carboxylic acids is 1. The summed E-state index contributed by atoms with van der Waals surface area (Å²) in [7, 11) is 0. The number of carboxylic acid groups (broad SMARTS) is 1. The van der Waals surface area contributed by atoms with Gasteiger partial charge in [0, 0.05) is 0 Å². The zero-order valence-electron chi connectivity index (χ0n) is 8.71. The van der Waals surface area contributed by atoms with Crippen molar-refractivity contribution in [1.82, 2.24) is 0 Å². The van der Waals surface area contributed by atoms with E-state index in [-0.39, 0.29) is 6.42 Å². The van der Waals surface area contributed by atoms with Crippen LogP contribution in [0.2, 0.25) is 0 Å². The van der Waals surface area contributed by atoms with Gasteiger partial charge in [-0.1, -0.05) is 42.1 Å². The highest BCUT2D eigenvalue weighted by Gasteiger charge is 2.45. The van der Waals surface area contributed by atoms with Gasteiger partial charge in [0.1, 0.15) is 0 Å². The number of carbonyl (C=O) groups is 2. The van der Waals surface area contributed by atoms with Crippen molar-refractivity contribution in [3.63, 3.8) is 0 Å². The average Bonchev–Trinajstić information content (AvgIpc) is 2.16. The summed E-state index contributed by atoms with van der Waals surface area (Å²) in [6.45, 7) is -1.41. The number of hydrogen-bond acceptors (Lipinski definition) is 3. The summed E-state index contributed by atoms with van der Waals surface area (Å²) in [6.07, 6.45) is 1.89. The number of halogens is 3. The lowest BCUT2D eigenvalue weighted by atomic mass is 10.0. The van der Waals surface area contributed by atoms with Gasteiger partial charge in [0.25, 0.3) is 0 Å². The molecule has 0 aromatic heterocycles. The molecule has 0 saturated carbocycles. The van der Waals surface area contributed by atoms with E-state index < -0.39 is 22.9 Å². The van der Waals surface area contributed by atoms with Gasteiger partial charge in [0.15, 0.2) is 0 Å². The van der Waals surface area contributed by atoms with Crippen LogP contribution in [0.1, 0.15) is 32.6 Å². The second kappa shape index (κ2) is 6.78. The summed E-state index contributed by atoms with van der Waals surface area (Å²) < 4.78 is 25.2. The topological polar surface area (TPSA) is 63.6 Å². The number of hydrogen-bond donors (Lipinski definition) is 1. The fourth-order valence-electron chi connectivity index (χ4n) is 1.09. The molecular formula is C9H13BrF2O4. The molecule has 16 heavy (non-hydrogen) atoms. The monoisotopic (exact) mass is 302 g/mol. The first kappa shape index (κ1) is 15.3. The Morgan fingerprint density at radius 1 is 1.44 bits per heavy atom. The van der Waals surface area contributed by atoms with Gasteiger partial charge >= 0.3 is 18.6 Å². The first-order valence-corrected chi connectivity index (χ1v) is 5.55. The third-order valence-electron chi connectivity index (χ3n) is 1.98. The molecule has 4 nitrogen and oxygen atoms in total. The summed E-state index contributed by atoms with van der Waals surface area (Å²) in [5, 5.41) is 8.82. The maximum atomic E-state index is 11.8. The number of carboxylic acids is 1. The highest BCUT2D eigenvalue weighted by molar-refractivity contribution is 9.10. The van der Waals surface area contributed by atoms with E-state index in [9.17, 15) is 18.4 Å². The van der Waals surface area contributed by atoms with Crippen LogP contribution in [0.15, 0.2) is 0 Å². The molecular weight excluding hydrogens is 290 g/mol. The van der Waals surface area contributed by atoms with Crippen LogP contribution in [0.25, 0.3) is 0 Å². The number of alkyl halides is 3. The minimum absolute atomic E-state index is 0.0816. The third kappa shape index (κ3) is 4.42. The van der Waals surface area contributed by atoms with Crippen molar-refractivity contribution >= 4 is 27.9 Å². The summed E-state index contributed by atoms with van der Waals surface area (Å²) >= 11 is 2.67. The standard InChI is InChI=1S/C9H13BrF2O4/c1-2-3-4-5-9(10,6(13)14)7(15)16-8(11)12/h8H,2-5H2,1H3,(H,13,14). The van der Waals surface area contributed by atoms with Crippen molar-refractivity contribution in [2.75, 3.05) is 0 Å². The Morgan fingerprint density at radius 2 is 2.00 bits per heavy atom. The van der Waals surface area contributed by atoms with Crippen LogP contribution < -0.4 is 0 Å². The van der Waals surface area contributed by atoms with Gasteiger partial charge < -0.3 is 9.84 Å². The van der Waals surface area contributed by atoms with Crippen LogP contribution in [0.5, 0.6) is 0 Å². The Balaban J connectivity index is 4.55. The van der Waals surface area contributed by atoms with Crippen LogP contribution >= 0.6 is 15.9 Å². The van der Waals surface area contributed by atoms with Gasteiger partial charge in [0.05, 0.1) is 0 Å². The van der Waals surface area contributed by atoms with Gasteiger partial charge in [-0.15, -0.1) is 0 Å². The van der Waals surface area contributed by atoms with Crippen molar-refractivity contribution in [3.05, 3.63) is 0 Å². The van der Waals surface area contributed by atoms with E-state index in [0.29, 0.717) is 12.8 Å². The molecule has 0 bridgehead atoms. The predicted octanol–water partition coefficient (Wildman–Crippen LogP) is 2.55. The van der Waals surface area contributed by atoms with Gasteiger partial charge in [0.2, 0.25) is 4.32 Å². The second-order valence-corrected chi connectivity index (χ2v) is 4.58. The quantitative estimate of drug-likeness (QED) is 0.340. The molecule has 0 aliphatic heterocycles. The Labute approximate surface area is 100 Å². The largest absolute Gasteiger partial charge is 0.480 e. The SMILES string of the molecule is CCCCCC(Br)(C(=O)O)C(=O)OC(F)F. The molecule has 0 spiro atoms. The maximum absolute atomic E-state index is 11.8. The van der Waals surface area contributed by atoms with Gasteiger partial charge in [-0.2, -0.15) is 8.78 Å². The van der Waals surface area contributed by atoms with E-state index in [1.165, 1.54) is 0 Å². The molecule has 1 unspecified atom stereocenters. The second-order valence-electron chi connectivity index (χ2n) is 3.23. The van der Waals surface area contributed by atoms with Crippen LogP contribution in [0.4, 0.5) is 8.78 Å². The molecule has 94 valence electrons. The third-order valence-corrected chi connectivity index (χ3v) is 3.04. The van der Waals surface area contributed by atoms with E-state index in [0.717, 1.165) is 6.42 Å². The van der Waals surface area contributed by atoms with Crippen molar-refractivity contribution in [2.45, 2.75) is 43.5 Å². The summed E-state index contributed by atoms with van der Waals surface area (Å²) in [5.41, 5.74) is 0. The van der Waals surface area contributed by atoms with Crippen LogP contribution in [-0.2, 0) is 14.3 Å². The van der Waals surface area contributed by atoms with Gasteiger partial charge in [-0.3, -0.25) is 4.79 Å². The molecule has 7 heteroatoms. The predicted molar refractivity (Wildman–Crippen MR) is 55.5 cm³/mol. The average molecular weight is 303 g/mol. The lowest BCUT2D eigenvalue weighted by Crippen LogP contribution is -2.42. The Hall–Kier alpha value is -0.720. The molecule has 0 amide bonds. The number of esters is 1. The zero-order valence-corrected chi connectivity index (χ0v) is 10.3. The highest BCUT2D eigenvalue weighted by atomic mass is 79.9. The number of unbranched alkanes of at least 4 members (excludes halogenated alkanes) is 2. The molecule has 0 heterocycles. The van der Waals surface area contributed by atoms with Crippen LogP contribution in [0.3, 0.4) is 0 Å². The molecule has 1 N–H and O–H groups in total. The van der Waals surface area contributed by atoms with Crippen molar-refractivity contribution in [3.8, 4) is 0 Å². The van der Waals surface area contributed by atoms with Gasteiger partial charge in [-0.25, -0.2) is 4.79 Å². The molecule has 0 rings (SSSR count). The lowest BCUT2D eigenvalue weighted by Gasteiger charge is -2.20. The van der Waals surface area contributed by atoms with Crippen molar-refractivity contribution in [1.29, 1.82) is 0 Å². The molecule has 0 aromatic rings.